The van der Waals surface area contributed by atoms with Crippen molar-refractivity contribution < 1.29 is 14.7 Å². The Morgan fingerprint density at radius 2 is 1.79 bits per heavy atom. The number of nitrogens with one attached hydrogen (secondary N) is 1. The fourth-order valence-electron chi connectivity index (χ4n) is 4.11. The van der Waals surface area contributed by atoms with Gasteiger partial charge in [0.15, 0.2) is 0 Å². The van der Waals surface area contributed by atoms with Crippen LogP contribution in [0.3, 0.4) is 0 Å². The smallest absolute Gasteiger partial charge is 0.306 e. The first-order valence-electron chi connectivity index (χ1n) is 9.12. The first-order valence-corrected chi connectivity index (χ1v) is 9.12. The number of carboxylic acid groups (broad SMARTS) is 1. The summed E-state index contributed by atoms with van der Waals surface area (Å²) in [4.78, 5) is 23.8. The molecule has 6 nitrogen and oxygen atoms in total. The van der Waals surface area contributed by atoms with Crippen LogP contribution in [0.2, 0.25) is 0 Å². The van der Waals surface area contributed by atoms with Gasteiger partial charge in [-0.25, -0.2) is 0 Å². The standard InChI is InChI=1S/C18H27N3O3/c1-21-11-15(16(20-21)12-5-3-2-4-6-12)17(22)19-14-9-7-13(8-10-14)18(23)24/h11-14H,2-10H2,1H3,(H,19,22)(H,23,24). The van der Waals surface area contributed by atoms with Gasteiger partial charge in [-0.3, -0.25) is 14.3 Å². The van der Waals surface area contributed by atoms with Crippen molar-refractivity contribution in [1.29, 1.82) is 0 Å². The fourth-order valence-corrected chi connectivity index (χ4v) is 4.11. The molecule has 0 saturated heterocycles. The Bertz CT molecular complexity index is 597. The van der Waals surface area contributed by atoms with E-state index < -0.39 is 5.97 Å². The van der Waals surface area contributed by atoms with Crippen LogP contribution in [0.1, 0.15) is 79.8 Å². The Morgan fingerprint density at radius 1 is 1.12 bits per heavy atom. The topological polar surface area (TPSA) is 84.2 Å². The van der Waals surface area contributed by atoms with Gasteiger partial charge in [0, 0.05) is 25.2 Å². The molecule has 0 aromatic carbocycles. The van der Waals surface area contributed by atoms with Crippen molar-refractivity contribution in [3.05, 3.63) is 17.5 Å². The lowest BCUT2D eigenvalue weighted by atomic mass is 9.85. The van der Waals surface area contributed by atoms with Crippen LogP contribution in [0.25, 0.3) is 0 Å². The summed E-state index contributed by atoms with van der Waals surface area (Å²) in [5, 5.41) is 16.7. The molecule has 0 atom stereocenters. The zero-order valence-corrected chi connectivity index (χ0v) is 14.3. The van der Waals surface area contributed by atoms with Gasteiger partial charge in [-0.05, 0) is 38.5 Å². The van der Waals surface area contributed by atoms with Gasteiger partial charge in [-0.1, -0.05) is 19.3 Å². The Hall–Kier alpha value is -1.85. The van der Waals surface area contributed by atoms with Crippen LogP contribution in [0.5, 0.6) is 0 Å². The summed E-state index contributed by atoms with van der Waals surface area (Å²) in [6.07, 6.45) is 10.5. The van der Waals surface area contributed by atoms with E-state index in [4.69, 9.17) is 5.11 Å². The van der Waals surface area contributed by atoms with Crippen molar-refractivity contribution in [3.8, 4) is 0 Å². The molecule has 24 heavy (non-hydrogen) atoms. The summed E-state index contributed by atoms with van der Waals surface area (Å²) < 4.78 is 1.74. The predicted molar refractivity (Wildman–Crippen MR) is 89.9 cm³/mol. The second kappa shape index (κ2) is 7.36. The van der Waals surface area contributed by atoms with Gasteiger partial charge in [0.2, 0.25) is 0 Å². The van der Waals surface area contributed by atoms with Gasteiger partial charge in [0.05, 0.1) is 17.2 Å². The molecule has 0 spiro atoms. The minimum absolute atomic E-state index is 0.0533. The monoisotopic (exact) mass is 333 g/mol. The Balaban J connectivity index is 1.64. The molecule has 132 valence electrons. The number of amides is 1. The largest absolute Gasteiger partial charge is 0.481 e. The summed E-state index contributed by atoms with van der Waals surface area (Å²) in [6.45, 7) is 0. The number of carboxylic acids is 1. The molecule has 2 aliphatic carbocycles. The second-order valence-electron chi connectivity index (χ2n) is 7.30. The van der Waals surface area contributed by atoms with Crippen molar-refractivity contribution in [2.24, 2.45) is 13.0 Å². The van der Waals surface area contributed by atoms with Gasteiger partial charge >= 0.3 is 5.97 Å². The first-order chi connectivity index (χ1) is 11.5. The van der Waals surface area contributed by atoms with Gasteiger partial charge < -0.3 is 10.4 Å². The molecule has 2 N–H and O–H groups in total. The minimum Gasteiger partial charge on any atom is -0.481 e. The molecule has 2 saturated carbocycles. The molecule has 2 aliphatic rings. The molecular weight excluding hydrogens is 306 g/mol. The van der Waals surface area contributed by atoms with E-state index in [-0.39, 0.29) is 17.9 Å². The molecule has 1 aromatic heterocycles. The summed E-state index contributed by atoms with van der Waals surface area (Å²) in [7, 11) is 1.86. The lowest BCUT2D eigenvalue weighted by Gasteiger charge is -2.27. The number of aryl methyl sites for hydroxylation is 1. The van der Waals surface area contributed by atoms with Gasteiger partial charge in [0.1, 0.15) is 0 Å². The van der Waals surface area contributed by atoms with Crippen LogP contribution in [0.4, 0.5) is 0 Å². The highest BCUT2D eigenvalue weighted by Crippen LogP contribution is 2.33. The molecule has 0 aliphatic heterocycles. The van der Waals surface area contributed by atoms with E-state index in [2.05, 4.69) is 10.4 Å². The lowest BCUT2D eigenvalue weighted by Crippen LogP contribution is -2.39. The molecule has 0 bridgehead atoms. The maximum atomic E-state index is 12.7. The van der Waals surface area contributed by atoms with Crippen molar-refractivity contribution in [3.63, 3.8) is 0 Å². The highest BCUT2D eigenvalue weighted by molar-refractivity contribution is 5.95. The Kier molecular flexibility index (Phi) is 5.21. The Labute approximate surface area is 142 Å². The van der Waals surface area contributed by atoms with Gasteiger partial charge in [-0.2, -0.15) is 5.10 Å². The van der Waals surface area contributed by atoms with Crippen LogP contribution in [0.15, 0.2) is 6.20 Å². The third kappa shape index (κ3) is 3.79. The minimum atomic E-state index is -0.716. The number of carbonyl (C=O) groups excluding carboxylic acids is 1. The number of hydrogen-bond acceptors (Lipinski definition) is 3. The lowest BCUT2D eigenvalue weighted by molar-refractivity contribution is -0.142. The maximum Gasteiger partial charge on any atom is 0.306 e. The predicted octanol–water partition coefficient (Wildman–Crippen LogP) is 2.84. The van der Waals surface area contributed by atoms with E-state index in [1.807, 2.05) is 13.2 Å². The van der Waals surface area contributed by atoms with Crippen LogP contribution < -0.4 is 5.32 Å². The summed E-state index contributed by atoms with van der Waals surface area (Å²) >= 11 is 0. The molecular formula is C18H27N3O3. The van der Waals surface area contributed by atoms with Crippen LogP contribution in [-0.2, 0) is 11.8 Å². The van der Waals surface area contributed by atoms with E-state index in [1.165, 1.54) is 19.3 Å². The van der Waals surface area contributed by atoms with E-state index in [0.29, 0.717) is 24.3 Å². The quantitative estimate of drug-likeness (QED) is 0.887. The summed E-state index contributed by atoms with van der Waals surface area (Å²) in [5.41, 5.74) is 1.64. The van der Waals surface area contributed by atoms with E-state index >= 15 is 0 Å². The van der Waals surface area contributed by atoms with Crippen molar-refractivity contribution in [2.75, 3.05) is 0 Å². The van der Waals surface area contributed by atoms with Gasteiger partial charge in [0.25, 0.3) is 5.91 Å². The molecule has 1 heterocycles. The van der Waals surface area contributed by atoms with E-state index in [1.54, 1.807) is 4.68 Å². The highest BCUT2D eigenvalue weighted by atomic mass is 16.4. The van der Waals surface area contributed by atoms with Crippen molar-refractivity contribution in [2.45, 2.75) is 69.7 Å². The second-order valence-corrected chi connectivity index (χ2v) is 7.30. The Morgan fingerprint density at radius 3 is 2.42 bits per heavy atom. The average Bonchev–Trinajstić information content (AvgIpc) is 2.98. The number of aliphatic carboxylic acids is 1. The average molecular weight is 333 g/mol. The van der Waals surface area contributed by atoms with Crippen molar-refractivity contribution in [1.82, 2.24) is 15.1 Å². The zero-order valence-electron chi connectivity index (χ0n) is 14.3. The molecule has 3 rings (SSSR count). The molecule has 0 unspecified atom stereocenters. The van der Waals surface area contributed by atoms with Crippen molar-refractivity contribution >= 4 is 11.9 Å². The number of nitrogens with zero attached hydrogens (tertiary/aromatic N) is 2. The number of hydrogen-bond donors (Lipinski definition) is 2. The van der Waals surface area contributed by atoms with Crippen LogP contribution in [-0.4, -0.2) is 32.8 Å². The number of carbonyl (C=O) groups is 2. The zero-order chi connectivity index (χ0) is 17.1. The molecule has 1 aromatic rings. The molecule has 0 radical (unpaired) electrons. The third-order valence-electron chi connectivity index (χ3n) is 5.51. The molecule has 2 fully saturated rings. The van der Waals surface area contributed by atoms with E-state index in [9.17, 15) is 9.59 Å². The molecule has 6 heteroatoms. The summed E-state index contributed by atoms with van der Waals surface area (Å²) in [6, 6.07) is 0.0764. The number of rotatable bonds is 4. The van der Waals surface area contributed by atoms with Crippen LogP contribution >= 0.6 is 0 Å². The third-order valence-corrected chi connectivity index (χ3v) is 5.51. The normalized spacial score (nSPS) is 25.4. The van der Waals surface area contributed by atoms with Gasteiger partial charge in [-0.15, -0.1) is 0 Å². The number of aromatic nitrogens is 2. The summed E-state index contributed by atoms with van der Waals surface area (Å²) in [5.74, 6) is -0.633. The first kappa shape index (κ1) is 17.0. The fraction of sp³-hybridized carbons (Fsp3) is 0.722. The SMILES string of the molecule is Cn1cc(C(=O)NC2CCC(C(=O)O)CC2)c(C2CCCCC2)n1. The maximum absolute atomic E-state index is 12.7. The van der Waals surface area contributed by atoms with Crippen LogP contribution in [0, 0.1) is 5.92 Å². The van der Waals surface area contributed by atoms with E-state index in [0.717, 1.165) is 31.4 Å². The molecule has 1 amide bonds. The highest BCUT2D eigenvalue weighted by Gasteiger charge is 2.29.